The van der Waals surface area contributed by atoms with Crippen molar-refractivity contribution in [2.45, 2.75) is 12.1 Å². The molecule has 0 radical (unpaired) electrons. The molecule has 4 aromatic rings. The molecular weight excluding hydrogens is 400 g/mol. The lowest BCUT2D eigenvalue weighted by molar-refractivity contribution is -0.607. The number of hydrogen-bond acceptors (Lipinski definition) is 4. The molecule has 1 aromatic heterocycles. The number of nitrogens with zero attached hydrogens (tertiary/aromatic N) is 2. The number of aromatic nitrogens is 1. The predicted molar refractivity (Wildman–Crippen MR) is 122 cm³/mol. The molecule has 1 aliphatic rings. The van der Waals surface area contributed by atoms with Crippen molar-refractivity contribution in [3.8, 4) is 0 Å². The first kappa shape index (κ1) is 20.0. The summed E-state index contributed by atoms with van der Waals surface area (Å²) >= 11 is 0. The van der Waals surface area contributed by atoms with Gasteiger partial charge in [-0.3, -0.25) is 9.63 Å². The highest BCUT2D eigenvalue weighted by Gasteiger charge is 2.50. The Kier molecular flexibility index (Phi) is 5.40. The van der Waals surface area contributed by atoms with Gasteiger partial charge in [-0.1, -0.05) is 78.9 Å². The Labute approximate surface area is 186 Å². The van der Waals surface area contributed by atoms with Crippen molar-refractivity contribution in [2.75, 3.05) is 5.06 Å². The van der Waals surface area contributed by atoms with E-state index in [9.17, 15) is 10.0 Å². The minimum absolute atomic E-state index is 0.109. The quantitative estimate of drug-likeness (QED) is 0.256. The zero-order valence-corrected chi connectivity index (χ0v) is 17.3. The van der Waals surface area contributed by atoms with Gasteiger partial charge in [0.25, 0.3) is 5.69 Å². The zero-order chi connectivity index (χ0) is 21.9. The highest BCUT2D eigenvalue weighted by molar-refractivity contribution is 5.96. The van der Waals surface area contributed by atoms with Gasteiger partial charge in [0.05, 0.1) is 17.6 Å². The van der Waals surface area contributed by atoms with Gasteiger partial charge in [0.2, 0.25) is 5.78 Å². The molecule has 0 saturated carbocycles. The van der Waals surface area contributed by atoms with Crippen LogP contribution in [-0.2, 0) is 4.84 Å². The Morgan fingerprint density at radius 3 is 1.94 bits per heavy atom. The van der Waals surface area contributed by atoms with Gasteiger partial charge in [-0.2, -0.15) is 4.73 Å². The maximum absolute atomic E-state index is 13.9. The van der Waals surface area contributed by atoms with Gasteiger partial charge in [-0.15, -0.1) is 0 Å². The van der Waals surface area contributed by atoms with Gasteiger partial charge in [-0.25, -0.2) is 5.06 Å². The second kappa shape index (κ2) is 8.65. The summed E-state index contributed by atoms with van der Waals surface area (Å²) in [6.45, 7) is 0. The fourth-order valence-corrected chi connectivity index (χ4v) is 4.34. The van der Waals surface area contributed by atoms with Gasteiger partial charge in [0, 0.05) is 12.1 Å². The highest BCUT2D eigenvalue weighted by atomic mass is 16.7. The van der Waals surface area contributed by atoms with E-state index in [1.807, 2.05) is 96.1 Å². The number of Topliss-reactive ketones (excluding diaryl/α,β-unsaturated/α-hetero) is 1. The molecule has 1 saturated heterocycles. The summed E-state index contributed by atoms with van der Waals surface area (Å²) in [6.07, 6.45) is 0.807. The molecule has 0 amide bonds. The monoisotopic (exact) mass is 422 g/mol. The highest BCUT2D eigenvalue weighted by Crippen LogP contribution is 2.49. The third-order valence-corrected chi connectivity index (χ3v) is 5.81. The summed E-state index contributed by atoms with van der Waals surface area (Å²) in [4.78, 5) is 20.4. The third-order valence-electron chi connectivity index (χ3n) is 5.81. The lowest BCUT2D eigenvalue weighted by Gasteiger charge is -2.26. The summed E-state index contributed by atoms with van der Waals surface area (Å²) in [5, 5.41) is 14.3. The Bertz CT molecular complexity index is 1200. The van der Waals surface area contributed by atoms with Crippen LogP contribution in [0.2, 0.25) is 0 Å². The molecule has 1 fully saturated rings. The molecule has 32 heavy (non-hydrogen) atoms. The number of rotatable bonds is 5. The van der Waals surface area contributed by atoms with E-state index >= 15 is 0 Å². The van der Waals surface area contributed by atoms with Gasteiger partial charge < -0.3 is 5.21 Å². The van der Waals surface area contributed by atoms with Crippen LogP contribution in [0.25, 0.3) is 0 Å². The van der Waals surface area contributed by atoms with Crippen molar-refractivity contribution >= 4 is 11.5 Å². The smallest absolute Gasteiger partial charge is 0.260 e. The number of carbonyl (C=O) groups is 1. The van der Waals surface area contributed by atoms with E-state index in [4.69, 9.17) is 4.84 Å². The minimum Gasteiger partial charge on any atom is -0.618 e. The van der Waals surface area contributed by atoms with E-state index in [0.717, 1.165) is 16.8 Å². The van der Waals surface area contributed by atoms with E-state index in [1.165, 1.54) is 6.20 Å². The first-order chi connectivity index (χ1) is 15.7. The van der Waals surface area contributed by atoms with Crippen LogP contribution in [0.1, 0.15) is 33.8 Å². The normalized spacial score (nSPS) is 20.2. The number of anilines is 1. The predicted octanol–water partition coefficient (Wildman–Crippen LogP) is 5.05. The Balaban J connectivity index is 1.69. The summed E-state index contributed by atoms with van der Waals surface area (Å²) < 4.78 is 0.637. The number of hydrogen-bond donors (Lipinski definition) is 0. The lowest BCUT2D eigenvalue weighted by Crippen LogP contribution is -2.38. The van der Waals surface area contributed by atoms with Gasteiger partial charge >= 0.3 is 0 Å². The van der Waals surface area contributed by atoms with Crippen molar-refractivity contribution in [1.29, 1.82) is 0 Å². The average Bonchev–Trinajstić information content (AvgIpc) is 3.26. The van der Waals surface area contributed by atoms with Crippen molar-refractivity contribution in [3.63, 3.8) is 0 Å². The van der Waals surface area contributed by atoms with E-state index in [2.05, 4.69) is 0 Å². The summed E-state index contributed by atoms with van der Waals surface area (Å²) in [7, 11) is 0. The largest absolute Gasteiger partial charge is 0.618 e. The molecule has 1 aliphatic heterocycles. The van der Waals surface area contributed by atoms with E-state index in [-0.39, 0.29) is 11.5 Å². The summed E-state index contributed by atoms with van der Waals surface area (Å²) in [5.41, 5.74) is 2.79. The Morgan fingerprint density at radius 1 is 0.750 bits per heavy atom. The van der Waals surface area contributed by atoms with Crippen LogP contribution in [0.15, 0.2) is 115 Å². The van der Waals surface area contributed by atoms with Crippen LogP contribution in [0, 0.1) is 11.1 Å². The number of carbonyl (C=O) groups excluding carboxylic acids is 1. The molecule has 5 rings (SSSR count). The van der Waals surface area contributed by atoms with E-state index in [1.54, 1.807) is 18.2 Å². The van der Waals surface area contributed by atoms with Crippen LogP contribution in [0.4, 0.5) is 5.69 Å². The molecule has 0 spiro atoms. The van der Waals surface area contributed by atoms with Gasteiger partial charge in [-0.05, 0) is 29.3 Å². The maximum atomic E-state index is 13.9. The molecule has 5 heteroatoms. The number of hydroxylamine groups is 1. The zero-order valence-electron chi connectivity index (χ0n) is 17.3. The number of benzene rings is 3. The molecule has 0 N–H and O–H groups in total. The topological polar surface area (TPSA) is 56.5 Å². The van der Waals surface area contributed by atoms with Gasteiger partial charge in [0.15, 0.2) is 6.20 Å². The fraction of sp³-hybridized carbons (Fsp3) is 0.111. The van der Waals surface area contributed by atoms with E-state index < -0.39 is 18.1 Å². The van der Waals surface area contributed by atoms with Crippen molar-refractivity contribution in [3.05, 3.63) is 137 Å². The maximum Gasteiger partial charge on any atom is 0.260 e. The molecule has 2 heterocycles. The number of pyridine rings is 1. The van der Waals surface area contributed by atoms with Crippen LogP contribution in [0.5, 0.6) is 0 Å². The molecule has 1 unspecified atom stereocenters. The molecule has 3 atom stereocenters. The van der Waals surface area contributed by atoms with Crippen molar-refractivity contribution < 1.29 is 14.4 Å². The van der Waals surface area contributed by atoms with Crippen LogP contribution < -0.4 is 9.79 Å². The molecular formula is C27H22N2O3. The van der Waals surface area contributed by atoms with Crippen molar-refractivity contribution in [1.82, 2.24) is 0 Å². The first-order valence-electron chi connectivity index (χ1n) is 10.6. The SMILES string of the molecule is O=C(c1cccc[n+]1[O-])[C@H]1C(c2ccccc2)ON(c2ccccc2)[C@@H]1c1ccccc1. The molecule has 5 nitrogen and oxygen atoms in total. The standard InChI is InChI=1S/C27H22N2O3/c30-26(23-18-10-11-19-28(23)31)24-25(20-12-4-1-5-13-20)29(22-16-8-3-9-17-22)32-27(24)21-14-6-2-7-15-21/h1-19,24-25,27H/t24-,25+,27?/m0/s1. The van der Waals surface area contributed by atoms with Gasteiger partial charge in [0.1, 0.15) is 6.10 Å². The summed E-state index contributed by atoms with van der Waals surface area (Å²) in [5.74, 6) is -0.871. The second-order valence-electron chi connectivity index (χ2n) is 7.76. The molecule has 3 aromatic carbocycles. The van der Waals surface area contributed by atoms with Crippen LogP contribution in [-0.4, -0.2) is 5.78 Å². The van der Waals surface area contributed by atoms with Crippen molar-refractivity contribution in [2.24, 2.45) is 5.92 Å². The lowest BCUT2D eigenvalue weighted by atomic mass is 9.82. The number of para-hydroxylation sites is 1. The van der Waals surface area contributed by atoms with Crippen LogP contribution in [0.3, 0.4) is 0 Å². The minimum atomic E-state index is -0.623. The molecule has 0 aliphatic carbocycles. The number of ketones is 1. The summed E-state index contributed by atoms with van der Waals surface area (Å²) in [6, 6.07) is 33.8. The third kappa shape index (κ3) is 3.63. The Hall–Kier alpha value is -3.96. The first-order valence-corrected chi connectivity index (χ1v) is 10.6. The molecule has 158 valence electrons. The van der Waals surface area contributed by atoms with E-state index in [0.29, 0.717) is 4.73 Å². The molecule has 0 bridgehead atoms. The Morgan fingerprint density at radius 2 is 1.31 bits per heavy atom. The van der Waals surface area contributed by atoms with Crippen LogP contribution >= 0.6 is 0 Å². The second-order valence-corrected chi connectivity index (χ2v) is 7.76. The average molecular weight is 422 g/mol. The fourth-order valence-electron chi connectivity index (χ4n) is 4.34.